The van der Waals surface area contributed by atoms with Crippen molar-refractivity contribution in [2.45, 2.75) is 44.6 Å². The van der Waals surface area contributed by atoms with E-state index in [0.717, 1.165) is 44.8 Å². The maximum atomic E-state index is 6.04. The number of nitrogens with zero attached hydrogens (tertiary/aromatic N) is 3. The van der Waals surface area contributed by atoms with Crippen molar-refractivity contribution in [1.29, 1.82) is 0 Å². The van der Waals surface area contributed by atoms with Gasteiger partial charge in [-0.1, -0.05) is 0 Å². The molecule has 18 heavy (non-hydrogen) atoms. The largest absolute Gasteiger partial charge is 0.480 e. The summed E-state index contributed by atoms with van der Waals surface area (Å²) in [5.41, 5.74) is 2.77. The van der Waals surface area contributed by atoms with Crippen molar-refractivity contribution >= 4 is 11.8 Å². The Kier molecular flexibility index (Phi) is 3.48. The SMILES string of the molecule is COc1nn2c(c1C1CCN(Cl)CC1)CCCC2. The first-order valence-corrected chi connectivity index (χ1v) is 7.17. The lowest BCUT2D eigenvalue weighted by atomic mass is 9.88. The minimum atomic E-state index is 0.566. The standard InChI is InChI=1S/C13H20ClN3O/c1-18-13-12(10-5-8-16(14)9-6-10)11-4-2-3-7-17(11)15-13/h10H,2-9H2,1H3. The van der Waals surface area contributed by atoms with Crippen LogP contribution in [0.4, 0.5) is 0 Å². The van der Waals surface area contributed by atoms with E-state index in [4.69, 9.17) is 16.5 Å². The number of fused-ring (bicyclic) bond motifs is 1. The number of aromatic nitrogens is 2. The lowest BCUT2D eigenvalue weighted by Gasteiger charge is -2.28. The van der Waals surface area contributed by atoms with Crippen molar-refractivity contribution in [3.63, 3.8) is 0 Å². The molecule has 4 nitrogen and oxygen atoms in total. The maximum absolute atomic E-state index is 6.04. The van der Waals surface area contributed by atoms with E-state index in [2.05, 4.69) is 9.78 Å². The van der Waals surface area contributed by atoms with Crippen molar-refractivity contribution < 1.29 is 4.74 Å². The van der Waals surface area contributed by atoms with Crippen LogP contribution in [-0.4, -0.2) is 34.4 Å². The van der Waals surface area contributed by atoms with Gasteiger partial charge in [0.05, 0.1) is 7.11 Å². The molecule has 0 amide bonds. The van der Waals surface area contributed by atoms with Crippen LogP contribution in [0.3, 0.4) is 0 Å². The van der Waals surface area contributed by atoms with Crippen LogP contribution >= 0.6 is 11.8 Å². The summed E-state index contributed by atoms with van der Waals surface area (Å²) in [7, 11) is 1.73. The number of rotatable bonds is 2. The molecule has 0 spiro atoms. The van der Waals surface area contributed by atoms with Gasteiger partial charge >= 0.3 is 0 Å². The van der Waals surface area contributed by atoms with Gasteiger partial charge in [-0.15, -0.1) is 5.10 Å². The molecule has 0 radical (unpaired) electrons. The highest BCUT2D eigenvalue weighted by Gasteiger charge is 2.29. The number of halogens is 1. The molecule has 2 aliphatic rings. The molecule has 0 atom stereocenters. The van der Waals surface area contributed by atoms with Gasteiger partial charge in [0.1, 0.15) is 0 Å². The third-order valence-corrected chi connectivity index (χ3v) is 4.48. The highest BCUT2D eigenvalue weighted by Crippen LogP contribution is 2.38. The fourth-order valence-corrected chi connectivity index (χ4v) is 3.38. The average Bonchev–Trinajstić information content (AvgIpc) is 2.78. The molecule has 1 saturated heterocycles. The first-order valence-electron chi connectivity index (χ1n) is 6.84. The Bertz CT molecular complexity index is 424. The second-order valence-corrected chi connectivity index (χ2v) is 5.71. The van der Waals surface area contributed by atoms with Gasteiger partial charge in [0.25, 0.3) is 0 Å². The van der Waals surface area contributed by atoms with E-state index in [1.54, 1.807) is 7.11 Å². The zero-order valence-corrected chi connectivity index (χ0v) is 11.6. The zero-order chi connectivity index (χ0) is 12.5. The average molecular weight is 270 g/mol. The third kappa shape index (κ3) is 2.12. The van der Waals surface area contributed by atoms with Crippen molar-refractivity contribution in [3.05, 3.63) is 11.3 Å². The Balaban J connectivity index is 1.92. The van der Waals surface area contributed by atoms with Crippen LogP contribution < -0.4 is 4.74 Å². The summed E-state index contributed by atoms with van der Waals surface area (Å²) >= 11 is 6.04. The molecule has 1 aromatic heterocycles. The van der Waals surface area contributed by atoms with Crippen LogP contribution in [0.5, 0.6) is 5.88 Å². The lowest BCUT2D eigenvalue weighted by molar-refractivity contribution is 0.324. The smallest absolute Gasteiger partial charge is 0.236 e. The highest BCUT2D eigenvalue weighted by molar-refractivity contribution is 6.13. The molecule has 0 aromatic carbocycles. The summed E-state index contributed by atoms with van der Waals surface area (Å²) in [6, 6.07) is 0. The minimum Gasteiger partial charge on any atom is -0.480 e. The van der Waals surface area contributed by atoms with E-state index in [-0.39, 0.29) is 0 Å². The zero-order valence-electron chi connectivity index (χ0n) is 10.9. The molecule has 1 fully saturated rings. The van der Waals surface area contributed by atoms with E-state index < -0.39 is 0 Å². The molecule has 3 heterocycles. The predicted octanol–water partition coefficient (Wildman–Crippen LogP) is 2.56. The third-order valence-electron chi connectivity index (χ3n) is 4.14. The van der Waals surface area contributed by atoms with Crippen molar-refractivity contribution in [1.82, 2.24) is 14.2 Å². The Hall–Kier alpha value is -0.740. The number of aryl methyl sites for hydroxylation is 1. The topological polar surface area (TPSA) is 30.3 Å². The quantitative estimate of drug-likeness (QED) is 0.773. The van der Waals surface area contributed by atoms with Gasteiger partial charge in [-0.3, -0.25) is 4.68 Å². The Morgan fingerprint density at radius 1 is 1.22 bits per heavy atom. The van der Waals surface area contributed by atoms with Gasteiger partial charge in [0, 0.05) is 30.9 Å². The highest BCUT2D eigenvalue weighted by atomic mass is 35.5. The number of methoxy groups -OCH3 is 1. The Morgan fingerprint density at radius 3 is 2.72 bits per heavy atom. The Labute approximate surface area is 113 Å². The molecule has 5 heteroatoms. The number of piperidine rings is 1. The number of hydrogen-bond donors (Lipinski definition) is 0. The van der Waals surface area contributed by atoms with E-state index in [9.17, 15) is 0 Å². The minimum absolute atomic E-state index is 0.566. The van der Waals surface area contributed by atoms with Gasteiger partial charge in [-0.2, -0.15) is 0 Å². The van der Waals surface area contributed by atoms with E-state index >= 15 is 0 Å². The van der Waals surface area contributed by atoms with E-state index in [1.165, 1.54) is 24.1 Å². The second kappa shape index (κ2) is 5.10. The first-order chi connectivity index (χ1) is 8.79. The second-order valence-electron chi connectivity index (χ2n) is 5.23. The summed E-state index contributed by atoms with van der Waals surface area (Å²) in [6.07, 6.45) is 5.87. The molecule has 0 aliphatic carbocycles. The molecular formula is C13H20ClN3O. The van der Waals surface area contributed by atoms with Crippen LogP contribution in [0, 0.1) is 0 Å². The summed E-state index contributed by atoms with van der Waals surface area (Å²) in [5, 5.41) is 4.61. The first kappa shape index (κ1) is 12.3. The van der Waals surface area contributed by atoms with Crippen LogP contribution in [0.2, 0.25) is 0 Å². The maximum Gasteiger partial charge on any atom is 0.236 e. The molecule has 1 aromatic rings. The normalized spacial score (nSPS) is 21.9. The van der Waals surface area contributed by atoms with Crippen LogP contribution in [0.15, 0.2) is 0 Å². The Morgan fingerprint density at radius 2 is 2.00 bits per heavy atom. The molecule has 0 bridgehead atoms. The summed E-state index contributed by atoms with van der Waals surface area (Å²) < 4.78 is 9.54. The van der Waals surface area contributed by atoms with Crippen LogP contribution in [0.1, 0.15) is 42.9 Å². The summed E-state index contributed by atoms with van der Waals surface area (Å²) in [5.74, 6) is 1.41. The molecule has 3 rings (SSSR count). The predicted molar refractivity (Wildman–Crippen MR) is 71.1 cm³/mol. The van der Waals surface area contributed by atoms with Crippen LogP contribution in [0.25, 0.3) is 0 Å². The summed E-state index contributed by atoms with van der Waals surface area (Å²) in [6.45, 7) is 2.96. The molecule has 0 saturated carbocycles. The fraction of sp³-hybridized carbons (Fsp3) is 0.769. The molecule has 2 aliphatic heterocycles. The van der Waals surface area contributed by atoms with Gasteiger partial charge in [0.15, 0.2) is 0 Å². The van der Waals surface area contributed by atoms with Gasteiger partial charge in [-0.05, 0) is 49.8 Å². The fourth-order valence-electron chi connectivity index (χ4n) is 3.19. The molecule has 0 N–H and O–H groups in total. The molecule has 100 valence electrons. The van der Waals surface area contributed by atoms with Gasteiger partial charge in [0.2, 0.25) is 5.88 Å². The number of ether oxygens (including phenoxy) is 1. The monoisotopic (exact) mass is 269 g/mol. The van der Waals surface area contributed by atoms with E-state index in [1.807, 2.05) is 4.42 Å². The molecule has 0 unspecified atom stereocenters. The summed E-state index contributed by atoms with van der Waals surface area (Å²) in [4.78, 5) is 0. The van der Waals surface area contributed by atoms with Crippen molar-refractivity contribution in [2.75, 3.05) is 20.2 Å². The lowest BCUT2D eigenvalue weighted by Crippen LogP contribution is -2.26. The van der Waals surface area contributed by atoms with Crippen molar-refractivity contribution in [2.24, 2.45) is 0 Å². The van der Waals surface area contributed by atoms with Gasteiger partial charge < -0.3 is 4.74 Å². The molecular weight excluding hydrogens is 250 g/mol. The van der Waals surface area contributed by atoms with E-state index in [0.29, 0.717) is 5.92 Å². The van der Waals surface area contributed by atoms with Crippen LogP contribution in [-0.2, 0) is 13.0 Å². The number of hydrogen-bond acceptors (Lipinski definition) is 3. The van der Waals surface area contributed by atoms with Gasteiger partial charge in [-0.25, -0.2) is 4.42 Å². The van der Waals surface area contributed by atoms with Crippen molar-refractivity contribution in [3.8, 4) is 5.88 Å².